The monoisotopic (exact) mass is 547 g/mol. The molecule has 0 saturated heterocycles. The second kappa shape index (κ2) is 8.24. The lowest BCUT2D eigenvalue weighted by atomic mass is 9.66. The Kier molecular flexibility index (Phi) is 4.41. The molecular formula is C41H25NO. The Morgan fingerprint density at radius 3 is 1.91 bits per heavy atom. The van der Waals surface area contributed by atoms with Crippen LogP contribution in [0.2, 0.25) is 0 Å². The molecule has 1 aliphatic heterocycles. The van der Waals surface area contributed by atoms with Crippen molar-refractivity contribution in [3.05, 3.63) is 174 Å². The summed E-state index contributed by atoms with van der Waals surface area (Å²) in [6.07, 6.45) is 0. The molecule has 8 aromatic rings. The first-order valence-electron chi connectivity index (χ1n) is 14.9. The topological polar surface area (TPSA) is 14.2 Å². The number of nitrogens with zero attached hydrogens (tertiary/aromatic N) is 1. The summed E-state index contributed by atoms with van der Waals surface area (Å²) >= 11 is 0. The first-order valence-corrected chi connectivity index (χ1v) is 14.9. The molecule has 2 heterocycles. The summed E-state index contributed by atoms with van der Waals surface area (Å²) in [7, 11) is 0. The summed E-state index contributed by atoms with van der Waals surface area (Å²) in [5.74, 6) is 1.83. The Morgan fingerprint density at radius 1 is 0.465 bits per heavy atom. The number of hydrogen-bond donors (Lipinski definition) is 0. The van der Waals surface area contributed by atoms with Crippen LogP contribution in [-0.4, -0.2) is 4.57 Å². The van der Waals surface area contributed by atoms with Gasteiger partial charge in [0, 0.05) is 27.6 Å². The maximum Gasteiger partial charge on any atom is 0.156 e. The van der Waals surface area contributed by atoms with Crippen LogP contribution in [0.4, 0.5) is 0 Å². The van der Waals surface area contributed by atoms with Gasteiger partial charge in [0.1, 0.15) is 5.75 Å². The zero-order chi connectivity index (χ0) is 28.1. The van der Waals surface area contributed by atoms with E-state index in [0.717, 1.165) is 22.7 Å². The van der Waals surface area contributed by atoms with Crippen LogP contribution >= 0.6 is 0 Å². The smallest absolute Gasteiger partial charge is 0.156 e. The Balaban J connectivity index is 1.44. The largest absolute Gasteiger partial charge is 0.454 e. The van der Waals surface area contributed by atoms with E-state index >= 15 is 0 Å². The van der Waals surface area contributed by atoms with Crippen molar-refractivity contribution in [3.63, 3.8) is 0 Å². The van der Waals surface area contributed by atoms with Crippen molar-refractivity contribution in [3.8, 4) is 28.3 Å². The second-order valence-corrected chi connectivity index (χ2v) is 11.6. The van der Waals surface area contributed by atoms with Crippen molar-refractivity contribution < 1.29 is 4.74 Å². The summed E-state index contributed by atoms with van der Waals surface area (Å²) < 4.78 is 9.50. The molecule has 0 bridgehead atoms. The maximum atomic E-state index is 7.09. The molecule has 1 spiro atoms. The normalized spacial score (nSPS) is 14.0. The highest BCUT2D eigenvalue weighted by Crippen LogP contribution is 2.63. The highest BCUT2D eigenvalue weighted by Gasteiger charge is 2.51. The fourth-order valence-electron chi connectivity index (χ4n) is 8.02. The Morgan fingerprint density at radius 2 is 1.12 bits per heavy atom. The van der Waals surface area contributed by atoms with Crippen molar-refractivity contribution in [2.75, 3.05) is 0 Å². The quantitative estimate of drug-likeness (QED) is 0.199. The number of ether oxygens (including phenoxy) is 1. The van der Waals surface area contributed by atoms with Gasteiger partial charge >= 0.3 is 0 Å². The van der Waals surface area contributed by atoms with Crippen LogP contribution < -0.4 is 4.74 Å². The van der Waals surface area contributed by atoms with E-state index in [1.54, 1.807) is 0 Å². The van der Waals surface area contributed by atoms with E-state index in [9.17, 15) is 0 Å². The predicted octanol–water partition coefficient (Wildman–Crippen LogP) is 10.4. The van der Waals surface area contributed by atoms with Crippen LogP contribution in [0.3, 0.4) is 0 Å². The number of benzene rings is 7. The fourth-order valence-corrected chi connectivity index (χ4v) is 8.02. The molecule has 0 atom stereocenters. The van der Waals surface area contributed by atoms with Crippen LogP contribution in [-0.2, 0) is 5.41 Å². The van der Waals surface area contributed by atoms with E-state index in [-0.39, 0.29) is 0 Å². The second-order valence-electron chi connectivity index (χ2n) is 11.6. The first-order chi connectivity index (χ1) is 21.4. The van der Waals surface area contributed by atoms with Crippen LogP contribution in [0.5, 0.6) is 11.5 Å². The molecule has 0 radical (unpaired) electrons. The van der Waals surface area contributed by atoms with Gasteiger partial charge < -0.3 is 9.30 Å². The molecule has 1 aromatic heterocycles. The molecule has 43 heavy (non-hydrogen) atoms. The number of aromatic nitrogens is 1. The van der Waals surface area contributed by atoms with E-state index in [4.69, 9.17) is 4.74 Å². The van der Waals surface area contributed by atoms with Gasteiger partial charge in [-0.05, 0) is 57.3 Å². The molecular weight excluding hydrogens is 522 g/mol. The molecule has 0 fully saturated rings. The van der Waals surface area contributed by atoms with Gasteiger partial charge in [0.15, 0.2) is 5.75 Å². The third-order valence-corrected chi connectivity index (χ3v) is 9.65. The van der Waals surface area contributed by atoms with Gasteiger partial charge in [-0.1, -0.05) is 127 Å². The molecule has 0 saturated carbocycles. The van der Waals surface area contributed by atoms with Gasteiger partial charge in [0.05, 0.1) is 16.4 Å². The zero-order valence-electron chi connectivity index (χ0n) is 23.3. The van der Waals surface area contributed by atoms with Gasteiger partial charge in [-0.25, -0.2) is 0 Å². The minimum Gasteiger partial charge on any atom is -0.454 e. The molecule has 200 valence electrons. The Bertz CT molecular complexity index is 2390. The fraction of sp³-hybridized carbons (Fsp3) is 0.0244. The maximum absolute atomic E-state index is 7.09. The number of hydrogen-bond acceptors (Lipinski definition) is 1. The summed E-state index contributed by atoms with van der Waals surface area (Å²) in [5, 5.41) is 4.94. The third-order valence-electron chi connectivity index (χ3n) is 9.65. The van der Waals surface area contributed by atoms with Crippen molar-refractivity contribution in [2.45, 2.75) is 5.41 Å². The Hall–Kier alpha value is -5.60. The molecule has 2 heteroatoms. The van der Waals surface area contributed by atoms with Crippen LogP contribution in [0, 0.1) is 0 Å². The van der Waals surface area contributed by atoms with Crippen molar-refractivity contribution >= 4 is 32.6 Å². The van der Waals surface area contributed by atoms with Gasteiger partial charge in [-0.15, -0.1) is 0 Å². The minimum atomic E-state index is -0.494. The highest BCUT2D eigenvalue weighted by molar-refractivity contribution is 6.22. The van der Waals surface area contributed by atoms with Crippen molar-refractivity contribution in [1.29, 1.82) is 0 Å². The molecule has 1 aliphatic carbocycles. The zero-order valence-corrected chi connectivity index (χ0v) is 23.3. The highest BCUT2D eigenvalue weighted by atomic mass is 16.5. The number of rotatable bonds is 1. The van der Waals surface area contributed by atoms with Gasteiger partial charge in [0.25, 0.3) is 0 Å². The molecule has 0 amide bonds. The van der Waals surface area contributed by atoms with Crippen LogP contribution in [0.15, 0.2) is 152 Å². The predicted molar refractivity (Wildman–Crippen MR) is 176 cm³/mol. The summed E-state index contributed by atoms with van der Waals surface area (Å²) in [6.45, 7) is 0. The van der Waals surface area contributed by atoms with E-state index in [1.807, 2.05) is 0 Å². The average Bonchev–Trinajstić information content (AvgIpc) is 3.57. The summed E-state index contributed by atoms with van der Waals surface area (Å²) in [5.41, 5.74) is 10.5. The average molecular weight is 548 g/mol. The standard InChI is InChI=1S/C41H25NO/c1-2-13-27(14-3-1)42-36-25-22-26-12-4-5-15-28(26)38(36)31-23-24-35-40(39(31)42)43-37-21-11-10-20-34(37)41(35)32-18-8-6-16-29(32)30-17-7-9-19-33(30)41/h1-25H. The first kappa shape index (κ1) is 23.0. The molecule has 0 N–H and O–H groups in total. The van der Waals surface area contributed by atoms with Gasteiger partial charge in [0.2, 0.25) is 0 Å². The van der Waals surface area contributed by atoms with E-state index in [0.29, 0.717) is 0 Å². The van der Waals surface area contributed by atoms with Crippen molar-refractivity contribution in [1.82, 2.24) is 4.57 Å². The Labute approximate surface area is 249 Å². The summed E-state index contributed by atoms with van der Waals surface area (Å²) in [4.78, 5) is 0. The lowest BCUT2D eigenvalue weighted by Crippen LogP contribution is -2.32. The molecule has 0 unspecified atom stereocenters. The van der Waals surface area contributed by atoms with E-state index in [1.165, 1.54) is 60.4 Å². The van der Waals surface area contributed by atoms with E-state index in [2.05, 4.69) is 156 Å². The van der Waals surface area contributed by atoms with Gasteiger partial charge in [-0.3, -0.25) is 0 Å². The number of para-hydroxylation sites is 2. The molecule has 7 aromatic carbocycles. The van der Waals surface area contributed by atoms with Crippen molar-refractivity contribution in [2.24, 2.45) is 0 Å². The minimum absolute atomic E-state index is 0.494. The van der Waals surface area contributed by atoms with Crippen LogP contribution in [0.25, 0.3) is 49.4 Å². The lowest BCUT2D eigenvalue weighted by Gasteiger charge is -2.39. The summed E-state index contributed by atoms with van der Waals surface area (Å²) in [6, 6.07) is 55.0. The third kappa shape index (κ3) is 2.78. The molecule has 2 nitrogen and oxygen atoms in total. The van der Waals surface area contributed by atoms with E-state index < -0.39 is 5.41 Å². The van der Waals surface area contributed by atoms with Gasteiger partial charge in [-0.2, -0.15) is 0 Å². The lowest BCUT2D eigenvalue weighted by molar-refractivity contribution is 0.440. The number of fused-ring (bicyclic) bond motifs is 15. The molecule has 10 rings (SSSR count). The molecule has 2 aliphatic rings. The SMILES string of the molecule is c1ccc(-n2c3ccc4ccccc4c3c3ccc4c(c32)Oc2ccccc2C42c3ccccc3-c3ccccc32)cc1. The van der Waals surface area contributed by atoms with Crippen LogP contribution in [0.1, 0.15) is 22.3 Å².